The third-order valence-corrected chi connectivity index (χ3v) is 5.43. The summed E-state index contributed by atoms with van der Waals surface area (Å²) in [6, 6.07) is 10.7. The molecule has 0 amide bonds. The second-order valence-electron chi connectivity index (χ2n) is 6.49. The van der Waals surface area contributed by atoms with Crippen LogP contribution in [0.2, 0.25) is 0 Å². The molecular weight excluding hydrogens is 341 g/mol. The van der Waals surface area contributed by atoms with E-state index in [2.05, 4.69) is 4.72 Å². The average molecular weight is 365 g/mol. The molecule has 0 aliphatic heterocycles. The predicted octanol–water partition coefficient (Wildman–Crippen LogP) is 4.21. The van der Waals surface area contributed by atoms with Gasteiger partial charge in [-0.05, 0) is 60.7 Å². The summed E-state index contributed by atoms with van der Waals surface area (Å²) in [5.74, 6) is 0.585. The second kappa shape index (κ2) is 7.97. The minimum atomic E-state index is -3.76. The Morgan fingerprint density at radius 1 is 1.12 bits per heavy atom. The summed E-state index contributed by atoms with van der Waals surface area (Å²) < 4.78 is 46.8. The quantitative estimate of drug-likeness (QED) is 0.800. The van der Waals surface area contributed by atoms with E-state index in [1.807, 2.05) is 26.0 Å². The van der Waals surface area contributed by atoms with E-state index in [4.69, 9.17) is 4.74 Å². The number of halogens is 1. The summed E-state index contributed by atoms with van der Waals surface area (Å²) in [5, 5.41) is 0. The highest BCUT2D eigenvalue weighted by molar-refractivity contribution is 7.89. The zero-order valence-electron chi connectivity index (χ0n) is 14.9. The van der Waals surface area contributed by atoms with Crippen molar-refractivity contribution < 1.29 is 17.5 Å². The molecule has 0 radical (unpaired) electrons. The van der Waals surface area contributed by atoms with E-state index in [0.717, 1.165) is 5.56 Å². The molecule has 1 N–H and O–H groups in total. The van der Waals surface area contributed by atoms with Crippen LogP contribution in [0.3, 0.4) is 0 Å². The molecule has 0 unspecified atom stereocenters. The second-order valence-corrected chi connectivity index (χ2v) is 8.20. The fourth-order valence-electron chi connectivity index (χ4n) is 2.60. The van der Waals surface area contributed by atoms with Crippen LogP contribution in [0.1, 0.15) is 37.4 Å². The van der Waals surface area contributed by atoms with Crippen molar-refractivity contribution in [3.8, 4) is 5.75 Å². The number of methoxy groups -OCH3 is 1. The Hall–Kier alpha value is -1.92. The van der Waals surface area contributed by atoms with Crippen LogP contribution in [-0.2, 0) is 10.0 Å². The predicted molar refractivity (Wildman–Crippen MR) is 96.6 cm³/mol. The monoisotopic (exact) mass is 365 g/mol. The molecule has 0 fully saturated rings. The highest BCUT2D eigenvalue weighted by atomic mass is 32.2. The lowest BCUT2D eigenvalue weighted by molar-refractivity contribution is 0.414. The summed E-state index contributed by atoms with van der Waals surface area (Å²) in [5.41, 5.74) is 1.16. The topological polar surface area (TPSA) is 55.4 Å². The molecule has 0 aliphatic carbocycles. The number of hydrogen-bond donors (Lipinski definition) is 1. The number of aryl methyl sites for hydroxylation is 1. The number of hydrogen-bond acceptors (Lipinski definition) is 3. The van der Waals surface area contributed by atoms with Crippen molar-refractivity contribution in [3.63, 3.8) is 0 Å². The molecule has 0 bridgehead atoms. The molecule has 0 saturated carbocycles. The van der Waals surface area contributed by atoms with E-state index in [9.17, 15) is 12.8 Å². The van der Waals surface area contributed by atoms with Crippen LogP contribution < -0.4 is 9.46 Å². The highest BCUT2D eigenvalue weighted by Crippen LogP contribution is 2.26. The molecule has 6 heteroatoms. The van der Waals surface area contributed by atoms with Gasteiger partial charge in [-0.15, -0.1) is 0 Å². The fourth-order valence-corrected chi connectivity index (χ4v) is 3.92. The maximum Gasteiger partial charge on any atom is 0.241 e. The van der Waals surface area contributed by atoms with Gasteiger partial charge in [0, 0.05) is 6.04 Å². The summed E-state index contributed by atoms with van der Waals surface area (Å²) in [6.07, 6.45) is 0.645. The van der Waals surface area contributed by atoms with Gasteiger partial charge in [0.05, 0.1) is 12.0 Å². The van der Waals surface area contributed by atoms with Crippen LogP contribution in [0.25, 0.3) is 0 Å². The first-order valence-corrected chi connectivity index (χ1v) is 9.63. The van der Waals surface area contributed by atoms with Crippen molar-refractivity contribution in [1.82, 2.24) is 4.72 Å². The van der Waals surface area contributed by atoms with Gasteiger partial charge < -0.3 is 4.74 Å². The third-order valence-electron chi connectivity index (χ3n) is 3.96. The van der Waals surface area contributed by atoms with Crippen molar-refractivity contribution in [2.45, 2.75) is 38.1 Å². The minimum absolute atomic E-state index is 0.0636. The fraction of sp³-hybridized carbons (Fsp3) is 0.368. The number of benzene rings is 2. The van der Waals surface area contributed by atoms with Crippen molar-refractivity contribution in [3.05, 3.63) is 59.4 Å². The Bertz CT molecular complexity index is 817. The van der Waals surface area contributed by atoms with Crippen LogP contribution in [0.15, 0.2) is 47.4 Å². The van der Waals surface area contributed by atoms with Crippen LogP contribution in [0, 0.1) is 18.7 Å². The van der Waals surface area contributed by atoms with Gasteiger partial charge in [-0.3, -0.25) is 0 Å². The number of rotatable bonds is 7. The molecule has 0 heterocycles. The van der Waals surface area contributed by atoms with Gasteiger partial charge in [-0.25, -0.2) is 17.5 Å². The van der Waals surface area contributed by atoms with E-state index < -0.39 is 15.8 Å². The van der Waals surface area contributed by atoms with E-state index in [1.165, 1.54) is 18.2 Å². The largest absolute Gasteiger partial charge is 0.497 e. The zero-order valence-corrected chi connectivity index (χ0v) is 15.7. The Morgan fingerprint density at radius 2 is 1.76 bits per heavy atom. The van der Waals surface area contributed by atoms with Gasteiger partial charge in [0.15, 0.2) is 0 Å². The lowest BCUT2D eigenvalue weighted by Gasteiger charge is -2.21. The Balaban J connectivity index is 2.32. The van der Waals surface area contributed by atoms with Crippen LogP contribution in [-0.4, -0.2) is 15.5 Å². The van der Waals surface area contributed by atoms with Crippen molar-refractivity contribution in [2.24, 2.45) is 5.92 Å². The van der Waals surface area contributed by atoms with Gasteiger partial charge >= 0.3 is 0 Å². The number of nitrogens with one attached hydrogen (secondary N) is 1. The Labute approximate surface area is 149 Å². The van der Waals surface area contributed by atoms with Gasteiger partial charge in [-0.1, -0.05) is 26.0 Å². The molecule has 0 aromatic heterocycles. The van der Waals surface area contributed by atoms with Crippen LogP contribution in [0.5, 0.6) is 5.75 Å². The van der Waals surface area contributed by atoms with E-state index in [1.54, 1.807) is 26.2 Å². The van der Waals surface area contributed by atoms with Gasteiger partial charge in [0.1, 0.15) is 11.6 Å². The van der Waals surface area contributed by atoms with Crippen LogP contribution in [0.4, 0.5) is 4.39 Å². The molecule has 2 rings (SSSR count). The number of sulfonamides is 1. The number of ether oxygens (including phenoxy) is 1. The van der Waals surface area contributed by atoms with Gasteiger partial charge in [0.25, 0.3) is 0 Å². The summed E-state index contributed by atoms with van der Waals surface area (Å²) in [6.45, 7) is 5.61. The highest BCUT2D eigenvalue weighted by Gasteiger charge is 2.23. The summed E-state index contributed by atoms with van der Waals surface area (Å²) in [7, 11) is -2.17. The first-order valence-electron chi connectivity index (χ1n) is 8.15. The van der Waals surface area contributed by atoms with E-state index in [-0.39, 0.29) is 10.9 Å². The average Bonchev–Trinajstić information content (AvgIpc) is 2.56. The van der Waals surface area contributed by atoms with Gasteiger partial charge in [0.2, 0.25) is 10.0 Å². The summed E-state index contributed by atoms with van der Waals surface area (Å²) >= 11 is 0. The lowest BCUT2D eigenvalue weighted by atomic mass is 9.98. The molecule has 2 aromatic carbocycles. The first kappa shape index (κ1) is 19.4. The molecular formula is C19H24FNO3S. The lowest BCUT2D eigenvalue weighted by Crippen LogP contribution is -2.29. The molecule has 4 nitrogen and oxygen atoms in total. The maximum absolute atomic E-state index is 13.4. The molecule has 136 valence electrons. The van der Waals surface area contributed by atoms with Crippen LogP contribution >= 0.6 is 0 Å². The molecule has 2 aromatic rings. The Kier molecular flexibility index (Phi) is 6.19. The molecule has 25 heavy (non-hydrogen) atoms. The molecule has 0 spiro atoms. The van der Waals surface area contributed by atoms with E-state index in [0.29, 0.717) is 23.7 Å². The van der Waals surface area contributed by atoms with Crippen molar-refractivity contribution >= 4 is 10.0 Å². The zero-order chi connectivity index (χ0) is 18.6. The van der Waals surface area contributed by atoms with Gasteiger partial charge in [-0.2, -0.15) is 0 Å². The summed E-state index contributed by atoms with van der Waals surface area (Å²) in [4.78, 5) is 0.0636. The minimum Gasteiger partial charge on any atom is -0.497 e. The maximum atomic E-state index is 13.4. The van der Waals surface area contributed by atoms with Crippen molar-refractivity contribution in [2.75, 3.05) is 7.11 Å². The SMILES string of the molecule is COc1ccc([C@H](CC(C)C)NS(=O)(=O)c2ccc(F)c(C)c2)cc1. The van der Waals surface area contributed by atoms with E-state index >= 15 is 0 Å². The smallest absolute Gasteiger partial charge is 0.241 e. The Morgan fingerprint density at radius 3 is 2.28 bits per heavy atom. The molecule has 1 atom stereocenters. The normalized spacial score (nSPS) is 13.0. The van der Waals surface area contributed by atoms with Crippen molar-refractivity contribution in [1.29, 1.82) is 0 Å². The first-order chi connectivity index (χ1) is 11.7. The molecule has 0 saturated heterocycles. The molecule has 0 aliphatic rings. The third kappa shape index (κ3) is 5.03. The standard InChI is InChI=1S/C19H24FNO3S/c1-13(2)11-19(15-5-7-16(24-4)8-6-15)21-25(22,23)17-9-10-18(20)14(3)12-17/h5-10,12-13,19,21H,11H2,1-4H3/t19-/m0/s1.